The molecule has 0 spiro atoms. The quantitative estimate of drug-likeness (QED) is 0.376. The maximum Gasteiger partial charge on any atom is 1.00 e. The second-order valence-electron chi connectivity index (χ2n) is 1.38. The number of halogens is 1. The van der Waals surface area contributed by atoms with Crippen molar-refractivity contribution in [3.63, 3.8) is 0 Å². The van der Waals surface area contributed by atoms with Crippen molar-refractivity contribution in [3.8, 4) is 0 Å². The predicted molar refractivity (Wildman–Crippen MR) is 29.4 cm³/mol. The second-order valence-corrected chi connectivity index (χ2v) is 2.03. The summed E-state index contributed by atoms with van der Waals surface area (Å²) in [7, 11) is 0. The van der Waals surface area contributed by atoms with E-state index >= 15 is 0 Å². The molecule has 0 bridgehead atoms. The fourth-order valence-electron chi connectivity index (χ4n) is 0.247. The molecule has 0 saturated carbocycles. The minimum absolute atomic E-state index is 0. The smallest absolute Gasteiger partial charge is 0.550 e. The molecule has 0 aliphatic carbocycles. The van der Waals surface area contributed by atoms with E-state index in [1.165, 1.54) is 0 Å². The van der Waals surface area contributed by atoms with Gasteiger partial charge in [0.2, 0.25) is 0 Å². The zero-order valence-corrected chi connectivity index (χ0v) is 8.72. The number of carboxylic acids is 1. The largest absolute Gasteiger partial charge is 1.00 e. The normalized spacial score (nSPS) is 11.8. The van der Waals surface area contributed by atoms with Gasteiger partial charge in [0.05, 0.1) is 6.10 Å². The van der Waals surface area contributed by atoms with Crippen LogP contribution in [0, 0.1) is 0 Å². The van der Waals surface area contributed by atoms with E-state index in [1.807, 2.05) is 0 Å². The number of hydrogen-bond acceptors (Lipinski definition) is 3. The number of aliphatic carboxylic acids is 1. The number of aliphatic hydroxyl groups is 1. The van der Waals surface area contributed by atoms with Crippen molar-refractivity contribution in [3.05, 3.63) is 0 Å². The second kappa shape index (κ2) is 7.02. The van der Waals surface area contributed by atoms with Gasteiger partial charge in [-0.25, -0.2) is 0 Å². The predicted octanol–water partition coefficient (Wildman–Crippen LogP) is -4.11. The Balaban J connectivity index is 0. The van der Waals surface area contributed by atoms with Gasteiger partial charge in [-0.1, -0.05) is 15.9 Å². The molecule has 0 aliphatic rings. The van der Waals surface area contributed by atoms with Gasteiger partial charge in [-0.2, -0.15) is 0 Å². The van der Waals surface area contributed by atoms with E-state index in [1.54, 1.807) is 0 Å². The molecule has 1 unspecified atom stereocenters. The third-order valence-electron chi connectivity index (χ3n) is 0.580. The number of rotatable bonds is 3. The standard InChI is InChI=1S/C4H7BrO3.Na/c5-2-3(6)1-4(7)8;/h3,6H,1-2H2,(H,7,8);/q;+1/p-1. The summed E-state index contributed by atoms with van der Waals surface area (Å²) in [6.45, 7) is 0. The number of alkyl halides is 1. The fourth-order valence-corrected chi connectivity index (χ4v) is 0.476. The molecule has 0 aromatic heterocycles. The topological polar surface area (TPSA) is 60.4 Å². The summed E-state index contributed by atoms with van der Waals surface area (Å²) in [5.74, 6) is -1.23. The minimum Gasteiger partial charge on any atom is -0.550 e. The van der Waals surface area contributed by atoms with Crippen LogP contribution in [0.15, 0.2) is 0 Å². The number of carbonyl (C=O) groups excluding carboxylic acids is 1. The van der Waals surface area contributed by atoms with Crippen LogP contribution in [-0.2, 0) is 4.79 Å². The maximum absolute atomic E-state index is 9.68. The summed E-state index contributed by atoms with van der Waals surface area (Å²) >= 11 is 2.90. The Labute approximate surface area is 83.9 Å². The van der Waals surface area contributed by atoms with Crippen LogP contribution in [0.5, 0.6) is 0 Å². The monoisotopic (exact) mass is 204 g/mol. The van der Waals surface area contributed by atoms with Crippen LogP contribution in [-0.4, -0.2) is 22.5 Å². The third-order valence-corrected chi connectivity index (χ3v) is 1.33. The van der Waals surface area contributed by atoms with Crippen molar-refractivity contribution in [2.45, 2.75) is 12.5 Å². The Morgan fingerprint density at radius 1 is 1.78 bits per heavy atom. The number of hydrogen-bond donors (Lipinski definition) is 1. The van der Waals surface area contributed by atoms with Gasteiger partial charge < -0.3 is 15.0 Å². The van der Waals surface area contributed by atoms with E-state index in [0.29, 0.717) is 0 Å². The molecule has 0 rings (SSSR count). The molecular formula is C4H6BrNaO3. The molecule has 0 aromatic rings. The van der Waals surface area contributed by atoms with Crippen molar-refractivity contribution in [2.75, 3.05) is 5.33 Å². The fraction of sp³-hybridized carbons (Fsp3) is 0.750. The van der Waals surface area contributed by atoms with E-state index in [4.69, 9.17) is 5.11 Å². The van der Waals surface area contributed by atoms with Crippen LogP contribution in [0.25, 0.3) is 0 Å². The van der Waals surface area contributed by atoms with Gasteiger partial charge in [0.25, 0.3) is 0 Å². The summed E-state index contributed by atoms with van der Waals surface area (Å²) in [6.07, 6.45) is -1.12. The van der Waals surface area contributed by atoms with Gasteiger partial charge >= 0.3 is 29.6 Å². The first-order valence-electron chi connectivity index (χ1n) is 2.10. The van der Waals surface area contributed by atoms with Crippen molar-refractivity contribution in [1.29, 1.82) is 0 Å². The van der Waals surface area contributed by atoms with Gasteiger partial charge in [-0.15, -0.1) is 0 Å². The summed E-state index contributed by atoms with van der Waals surface area (Å²) < 4.78 is 0. The van der Waals surface area contributed by atoms with Crippen molar-refractivity contribution in [1.82, 2.24) is 0 Å². The summed E-state index contributed by atoms with van der Waals surface area (Å²) in [5.41, 5.74) is 0. The van der Waals surface area contributed by atoms with Gasteiger partial charge in [-0.3, -0.25) is 0 Å². The zero-order chi connectivity index (χ0) is 6.57. The molecule has 0 radical (unpaired) electrons. The average molecular weight is 205 g/mol. The molecule has 1 N–H and O–H groups in total. The first-order valence-corrected chi connectivity index (χ1v) is 3.23. The summed E-state index contributed by atoms with van der Waals surface area (Å²) in [4.78, 5) is 9.68. The summed E-state index contributed by atoms with van der Waals surface area (Å²) in [5, 5.41) is 18.5. The number of carboxylic acid groups (broad SMARTS) is 1. The van der Waals surface area contributed by atoms with E-state index in [-0.39, 0.29) is 41.3 Å². The Kier molecular flexibility index (Phi) is 9.81. The molecule has 0 fully saturated rings. The minimum atomic E-state index is -1.23. The zero-order valence-electron chi connectivity index (χ0n) is 5.13. The summed E-state index contributed by atoms with van der Waals surface area (Å²) in [6, 6.07) is 0. The first-order chi connectivity index (χ1) is 3.66. The molecule has 0 heterocycles. The van der Waals surface area contributed by atoms with Crippen LogP contribution in [0.1, 0.15) is 6.42 Å². The van der Waals surface area contributed by atoms with E-state index in [2.05, 4.69) is 15.9 Å². The number of aliphatic hydroxyl groups excluding tert-OH is 1. The van der Waals surface area contributed by atoms with E-state index < -0.39 is 12.1 Å². The third kappa shape index (κ3) is 8.91. The molecule has 5 heteroatoms. The van der Waals surface area contributed by atoms with Gasteiger partial charge in [0.1, 0.15) is 0 Å². The van der Waals surface area contributed by atoms with Crippen LogP contribution >= 0.6 is 15.9 Å². The Bertz CT molecular complexity index is 87.9. The molecule has 3 nitrogen and oxygen atoms in total. The molecule has 0 amide bonds. The SMILES string of the molecule is O=C([O-])CC(O)CBr.[Na+]. The van der Waals surface area contributed by atoms with Crippen molar-refractivity contribution in [2.24, 2.45) is 0 Å². The Morgan fingerprint density at radius 3 is 2.33 bits per heavy atom. The van der Waals surface area contributed by atoms with Gasteiger partial charge in [0.15, 0.2) is 0 Å². The molecular weight excluding hydrogens is 199 g/mol. The molecule has 0 saturated heterocycles. The molecule has 9 heavy (non-hydrogen) atoms. The van der Waals surface area contributed by atoms with Crippen molar-refractivity contribution >= 4 is 21.9 Å². The van der Waals surface area contributed by atoms with Gasteiger partial charge in [-0.05, 0) is 0 Å². The van der Waals surface area contributed by atoms with Crippen LogP contribution in [0.2, 0.25) is 0 Å². The van der Waals surface area contributed by atoms with Crippen LogP contribution < -0.4 is 34.7 Å². The maximum atomic E-state index is 9.68. The molecule has 1 atom stereocenters. The van der Waals surface area contributed by atoms with Crippen molar-refractivity contribution < 1.29 is 44.6 Å². The molecule has 0 aliphatic heterocycles. The van der Waals surface area contributed by atoms with E-state index in [9.17, 15) is 9.90 Å². The van der Waals surface area contributed by atoms with E-state index in [0.717, 1.165) is 0 Å². The van der Waals surface area contributed by atoms with Crippen LogP contribution in [0.3, 0.4) is 0 Å². The number of carbonyl (C=O) groups is 1. The van der Waals surface area contributed by atoms with Crippen LogP contribution in [0.4, 0.5) is 0 Å². The Morgan fingerprint density at radius 2 is 2.22 bits per heavy atom. The Hall–Kier alpha value is 0.910. The average Bonchev–Trinajstić information content (AvgIpc) is 1.65. The van der Waals surface area contributed by atoms with Gasteiger partial charge in [0, 0.05) is 17.7 Å². The molecule has 48 valence electrons. The molecule has 0 aromatic carbocycles. The first kappa shape index (κ1) is 12.6.